The number of ether oxygens (including phenoxy) is 1. The average Bonchev–Trinajstić information content (AvgIpc) is 2.37. The summed E-state index contributed by atoms with van der Waals surface area (Å²) in [7, 11) is 0. The predicted octanol–water partition coefficient (Wildman–Crippen LogP) is 3.60. The van der Waals surface area contributed by atoms with E-state index < -0.39 is 5.82 Å². The van der Waals surface area contributed by atoms with Crippen LogP contribution in [0.4, 0.5) is 21.5 Å². The topological polar surface area (TPSA) is 60.2 Å². The first-order chi connectivity index (χ1) is 9.10. The second-order valence-electron chi connectivity index (χ2n) is 3.80. The molecule has 0 atom stereocenters. The largest absolute Gasteiger partial charge is 0.492 e. The lowest BCUT2D eigenvalue weighted by Crippen LogP contribution is -1.99. The van der Waals surface area contributed by atoms with Crippen LogP contribution < -0.4 is 15.8 Å². The third kappa shape index (κ3) is 3.26. The van der Waals surface area contributed by atoms with Crippen LogP contribution >= 0.6 is 11.6 Å². The molecule has 6 heteroatoms. The van der Waals surface area contributed by atoms with Crippen LogP contribution in [0, 0.1) is 5.82 Å². The Labute approximate surface area is 115 Å². The Hall–Kier alpha value is -2.01. The number of hydrogen-bond acceptors (Lipinski definition) is 4. The standard InChI is InChI=1S/C13H13ClFN3O/c1-2-19-12-4-3-8(5-10(12)16)18-11-6-13(14)17-7-9(11)15/h3-7H,2,16H2,1H3,(H,17,18). The van der Waals surface area contributed by atoms with Crippen molar-refractivity contribution in [2.24, 2.45) is 0 Å². The van der Waals surface area contributed by atoms with E-state index in [0.29, 0.717) is 23.7 Å². The lowest BCUT2D eigenvalue weighted by atomic mass is 10.2. The molecule has 1 aromatic carbocycles. The molecular weight excluding hydrogens is 269 g/mol. The maximum Gasteiger partial charge on any atom is 0.164 e. The van der Waals surface area contributed by atoms with Crippen LogP contribution in [0.1, 0.15) is 6.92 Å². The number of anilines is 3. The van der Waals surface area contributed by atoms with Crippen molar-refractivity contribution in [1.82, 2.24) is 4.98 Å². The summed E-state index contributed by atoms with van der Waals surface area (Å²) in [5.74, 6) is 0.109. The first-order valence-corrected chi connectivity index (χ1v) is 6.08. The number of nitrogens with zero attached hydrogens (tertiary/aromatic N) is 1. The van der Waals surface area contributed by atoms with E-state index in [2.05, 4.69) is 10.3 Å². The van der Waals surface area contributed by atoms with Gasteiger partial charge in [0, 0.05) is 11.8 Å². The number of rotatable bonds is 4. The Kier molecular flexibility index (Phi) is 4.06. The van der Waals surface area contributed by atoms with E-state index in [4.69, 9.17) is 22.1 Å². The van der Waals surface area contributed by atoms with E-state index in [0.717, 1.165) is 6.20 Å². The maximum atomic E-state index is 13.5. The number of nitrogen functional groups attached to an aromatic ring is 1. The highest BCUT2D eigenvalue weighted by molar-refractivity contribution is 6.29. The molecule has 0 fully saturated rings. The molecule has 1 aromatic heterocycles. The Bertz CT molecular complexity index is 592. The summed E-state index contributed by atoms with van der Waals surface area (Å²) in [6.45, 7) is 2.41. The molecule has 100 valence electrons. The molecule has 0 saturated carbocycles. The number of nitrogens with two attached hydrogens (primary N) is 1. The molecule has 4 nitrogen and oxygen atoms in total. The second kappa shape index (κ2) is 5.75. The van der Waals surface area contributed by atoms with Gasteiger partial charge >= 0.3 is 0 Å². The van der Waals surface area contributed by atoms with Crippen molar-refractivity contribution in [3.05, 3.63) is 41.4 Å². The SMILES string of the molecule is CCOc1ccc(Nc2cc(Cl)ncc2F)cc1N. The van der Waals surface area contributed by atoms with Gasteiger partial charge in [0.25, 0.3) is 0 Å². The number of halogens is 2. The van der Waals surface area contributed by atoms with E-state index in [-0.39, 0.29) is 10.8 Å². The molecule has 0 unspecified atom stereocenters. The van der Waals surface area contributed by atoms with E-state index in [9.17, 15) is 4.39 Å². The monoisotopic (exact) mass is 281 g/mol. The molecule has 1 heterocycles. The molecule has 0 aliphatic heterocycles. The van der Waals surface area contributed by atoms with Gasteiger partial charge in [0.15, 0.2) is 5.82 Å². The Balaban J connectivity index is 2.24. The van der Waals surface area contributed by atoms with Crippen LogP contribution in [0.15, 0.2) is 30.5 Å². The lowest BCUT2D eigenvalue weighted by Gasteiger charge is -2.11. The summed E-state index contributed by atoms with van der Waals surface area (Å²) in [4.78, 5) is 3.64. The zero-order valence-electron chi connectivity index (χ0n) is 10.3. The van der Waals surface area contributed by atoms with Gasteiger partial charge in [-0.1, -0.05) is 11.6 Å². The molecule has 0 amide bonds. The van der Waals surface area contributed by atoms with Crippen molar-refractivity contribution in [1.29, 1.82) is 0 Å². The minimum atomic E-state index is -0.489. The summed E-state index contributed by atoms with van der Waals surface area (Å²) in [6.07, 6.45) is 1.06. The number of nitrogens with one attached hydrogen (secondary N) is 1. The van der Waals surface area contributed by atoms with E-state index in [1.807, 2.05) is 6.92 Å². The summed E-state index contributed by atoms with van der Waals surface area (Å²) in [5, 5.41) is 3.10. The zero-order valence-corrected chi connectivity index (χ0v) is 11.0. The van der Waals surface area contributed by atoms with Crippen molar-refractivity contribution >= 4 is 28.7 Å². The second-order valence-corrected chi connectivity index (χ2v) is 4.18. The predicted molar refractivity (Wildman–Crippen MR) is 74.5 cm³/mol. The van der Waals surface area contributed by atoms with Gasteiger partial charge in [-0.05, 0) is 25.1 Å². The summed E-state index contributed by atoms with van der Waals surface area (Å²) in [5.41, 5.74) is 7.19. The molecule has 0 bridgehead atoms. The minimum absolute atomic E-state index is 0.211. The first-order valence-electron chi connectivity index (χ1n) is 5.70. The van der Waals surface area contributed by atoms with E-state index >= 15 is 0 Å². The minimum Gasteiger partial charge on any atom is -0.492 e. The molecule has 3 N–H and O–H groups in total. The van der Waals surface area contributed by atoms with Crippen molar-refractivity contribution < 1.29 is 9.13 Å². The van der Waals surface area contributed by atoms with Gasteiger partial charge in [-0.15, -0.1) is 0 Å². The lowest BCUT2D eigenvalue weighted by molar-refractivity contribution is 0.342. The van der Waals surface area contributed by atoms with Gasteiger partial charge in [0.2, 0.25) is 0 Å². The van der Waals surface area contributed by atoms with Crippen molar-refractivity contribution in [2.75, 3.05) is 17.7 Å². The Morgan fingerprint density at radius 2 is 2.21 bits per heavy atom. The van der Waals surface area contributed by atoms with Crippen LogP contribution in [-0.4, -0.2) is 11.6 Å². The van der Waals surface area contributed by atoms with Crippen LogP contribution in [0.5, 0.6) is 5.75 Å². The van der Waals surface area contributed by atoms with Gasteiger partial charge in [-0.3, -0.25) is 0 Å². The Morgan fingerprint density at radius 3 is 2.89 bits per heavy atom. The van der Waals surface area contributed by atoms with Crippen LogP contribution in [-0.2, 0) is 0 Å². The molecule has 0 aliphatic rings. The van der Waals surface area contributed by atoms with Crippen molar-refractivity contribution in [3.63, 3.8) is 0 Å². The van der Waals surface area contributed by atoms with Crippen LogP contribution in [0.25, 0.3) is 0 Å². The smallest absolute Gasteiger partial charge is 0.164 e. The molecule has 19 heavy (non-hydrogen) atoms. The highest BCUT2D eigenvalue weighted by Crippen LogP contribution is 2.28. The number of hydrogen-bond donors (Lipinski definition) is 2. The summed E-state index contributed by atoms with van der Waals surface area (Å²) in [6, 6.07) is 6.54. The van der Waals surface area contributed by atoms with Gasteiger partial charge in [0.1, 0.15) is 10.9 Å². The highest BCUT2D eigenvalue weighted by atomic mass is 35.5. The maximum absolute atomic E-state index is 13.5. The molecule has 2 aromatic rings. The summed E-state index contributed by atoms with van der Waals surface area (Å²) < 4.78 is 18.8. The van der Waals surface area contributed by atoms with Crippen molar-refractivity contribution in [3.8, 4) is 5.75 Å². The quantitative estimate of drug-likeness (QED) is 0.664. The van der Waals surface area contributed by atoms with Crippen LogP contribution in [0.2, 0.25) is 5.15 Å². The third-order valence-corrected chi connectivity index (χ3v) is 2.62. The summed E-state index contributed by atoms with van der Waals surface area (Å²) >= 11 is 5.72. The molecular formula is C13H13ClFN3O. The van der Waals surface area contributed by atoms with E-state index in [1.165, 1.54) is 6.07 Å². The fourth-order valence-electron chi connectivity index (χ4n) is 1.58. The molecule has 2 rings (SSSR count). The Morgan fingerprint density at radius 1 is 1.42 bits per heavy atom. The fraction of sp³-hybridized carbons (Fsp3) is 0.154. The third-order valence-electron chi connectivity index (χ3n) is 2.41. The fourth-order valence-corrected chi connectivity index (χ4v) is 1.74. The number of benzene rings is 1. The average molecular weight is 282 g/mol. The van der Waals surface area contributed by atoms with Crippen molar-refractivity contribution in [2.45, 2.75) is 6.92 Å². The number of aromatic nitrogens is 1. The highest BCUT2D eigenvalue weighted by Gasteiger charge is 2.06. The van der Waals surface area contributed by atoms with Gasteiger partial charge in [-0.25, -0.2) is 9.37 Å². The normalized spacial score (nSPS) is 10.3. The van der Waals surface area contributed by atoms with Crippen LogP contribution in [0.3, 0.4) is 0 Å². The van der Waals surface area contributed by atoms with Gasteiger partial charge < -0.3 is 15.8 Å². The zero-order chi connectivity index (χ0) is 13.8. The number of pyridine rings is 1. The van der Waals surface area contributed by atoms with E-state index in [1.54, 1.807) is 18.2 Å². The molecule has 0 radical (unpaired) electrons. The van der Waals surface area contributed by atoms with Gasteiger partial charge in [-0.2, -0.15) is 0 Å². The van der Waals surface area contributed by atoms with Gasteiger partial charge in [0.05, 0.1) is 24.2 Å². The first kappa shape index (κ1) is 13.4. The molecule has 0 spiro atoms. The molecule has 0 saturated heterocycles. The molecule has 0 aliphatic carbocycles.